The summed E-state index contributed by atoms with van der Waals surface area (Å²) >= 11 is 0. The predicted molar refractivity (Wildman–Crippen MR) is 88.3 cm³/mol. The van der Waals surface area contributed by atoms with Gasteiger partial charge in [-0.1, -0.05) is 6.07 Å². The van der Waals surface area contributed by atoms with Crippen molar-refractivity contribution in [3.63, 3.8) is 0 Å². The van der Waals surface area contributed by atoms with E-state index in [4.69, 9.17) is 4.42 Å². The largest absolute Gasteiger partial charge is 0.459 e. The Morgan fingerprint density at radius 2 is 1.96 bits per heavy atom. The van der Waals surface area contributed by atoms with E-state index >= 15 is 0 Å². The Morgan fingerprint density at radius 1 is 1.13 bits per heavy atom. The third-order valence-corrected chi connectivity index (χ3v) is 3.07. The molecular weight excluding hydrogens is 294 g/mol. The topological polar surface area (TPSA) is 91.5 Å². The zero-order chi connectivity index (χ0) is 16.3. The number of hydrogen-bond acceptors (Lipinski definition) is 4. The second-order valence-corrected chi connectivity index (χ2v) is 4.73. The minimum Gasteiger partial charge on any atom is -0.459 e. The van der Waals surface area contributed by atoms with Gasteiger partial charge in [0, 0.05) is 45.0 Å². The molecule has 2 aromatic heterocycles. The minimum atomic E-state index is -0.227. The molecule has 0 bridgehead atoms. The van der Waals surface area contributed by atoms with Crippen LogP contribution >= 0.6 is 0 Å². The van der Waals surface area contributed by atoms with E-state index < -0.39 is 0 Å². The molecule has 0 saturated heterocycles. The van der Waals surface area contributed by atoms with Gasteiger partial charge in [0.25, 0.3) is 5.91 Å². The standard InChI is InChI=1S/C16H21N5O2/c1-17-16(20-9-7-13-5-2-3-8-18-13)21-11-10-19-15(22)14-6-4-12-23-14/h2-6,8,12H,7,9-11H2,1H3,(H,19,22)(H2,17,20,21). The number of rotatable bonds is 7. The maximum absolute atomic E-state index is 11.7. The van der Waals surface area contributed by atoms with Gasteiger partial charge >= 0.3 is 0 Å². The molecule has 0 unspecified atom stereocenters. The second-order valence-electron chi connectivity index (χ2n) is 4.73. The zero-order valence-electron chi connectivity index (χ0n) is 13.1. The van der Waals surface area contributed by atoms with Gasteiger partial charge < -0.3 is 20.4 Å². The third kappa shape index (κ3) is 5.82. The van der Waals surface area contributed by atoms with Crippen molar-refractivity contribution in [2.24, 2.45) is 4.99 Å². The van der Waals surface area contributed by atoms with Crippen LogP contribution in [0.15, 0.2) is 52.2 Å². The average Bonchev–Trinajstić information content (AvgIpc) is 3.12. The second kappa shape index (κ2) is 9.24. The first-order valence-electron chi connectivity index (χ1n) is 7.45. The molecular formula is C16H21N5O2. The van der Waals surface area contributed by atoms with Crippen LogP contribution in [0.3, 0.4) is 0 Å². The molecule has 2 aromatic rings. The molecule has 7 nitrogen and oxygen atoms in total. The highest BCUT2D eigenvalue weighted by Crippen LogP contribution is 1.98. The highest BCUT2D eigenvalue weighted by molar-refractivity contribution is 5.91. The lowest BCUT2D eigenvalue weighted by molar-refractivity contribution is 0.0926. The molecule has 2 heterocycles. The summed E-state index contributed by atoms with van der Waals surface area (Å²) in [6.07, 6.45) is 4.07. The fourth-order valence-corrected chi connectivity index (χ4v) is 1.93. The first-order chi connectivity index (χ1) is 11.3. The van der Waals surface area contributed by atoms with E-state index in [1.807, 2.05) is 18.2 Å². The highest BCUT2D eigenvalue weighted by Gasteiger charge is 2.06. The van der Waals surface area contributed by atoms with Crippen LogP contribution in [0.25, 0.3) is 0 Å². The van der Waals surface area contributed by atoms with E-state index in [1.54, 1.807) is 25.4 Å². The number of pyridine rings is 1. The summed E-state index contributed by atoms with van der Waals surface area (Å²) in [6.45, 7) is 1.77. The van der Waals surface area contributed by atoms with E-state index in [2.05, 4.69) is 25.9 Å². The molecule has 0 aromatic carbocycles. The number of carbonyl (C=O) groups excluding carboxylic acids is 1. The number of hydrogen-bond donors (Lipinski definition) is 3. The normalized spacial score (nSPS) is 11.1. The van der Waals surface area contributed by atoms with Crippen molar-refractivity contribution in [2.45, 2.75) is 6.42 Å². The Balaban J connectivity index is 1.60. The van der Waals surface area contributed by atoms with Crippen molar-refractivity contribution in [3.05, 3.63) is 54.2 Å². The van der Waals surface area contributed by atoms with Crippen LogP contribution in [0, 0.1) is 0 Å². The molecule has 23 heavy (non-hydrogen) atoms. The maximum Gasteiger partial charge on any atom is 0.287 e. The van der Waals surface area contributed by atoms with E-state index in [1.165, 1.54) is 6.26 Å². The van der Waals surface area contributed by atoms with Crippen molar-refractivity contribution >= 4 is 11.9 Å². The number of aromatic nitrogens is 1. The summed E-state index contributed by atoms with van der Waals surface area (Å²) in [7, 11) is 1.71. The van der Waals surface area contributed by atoms with Gasteiger partial charge in [0.1, 0.15) is 0 Å². The number of furan rings is 1. The molecule has 0 aliphatic heterocycles. The summed E-state index contributed by atoms with van der Waals surface area (Å²) in [5.41, 5.74) is 1.03. The fourth-order valence-electron chi connectivity index (χ4n) is 1.93. The SMILES string of the molecule is CN=C(NCCNC(=O)c1ccco1)NCCc1ccccn1. The first-order valence-corrected chi connectivity index (χ1v) is 7.45. The number of amides is 1. The molecule has 0 saturated carbocycles. The summed E-state index contributed by atoms with van der Waals surface area (Å²) in [5.74, 6) is 0.769. The molecule has 2 rings (SSSR count). The number of nitrogens with one attached hydrogen (secondary N) is 3. The Morgan fingerprint density at radius 3 is 2.65 bits per heavy atom. The van der Waals surface area contributed by atoms with Gasteiger partial charge in [-0.05, 0) is 24.3 Å². The van der Waals surface area contributed by atoms with Crippen molar-refractivity contribution in [1.29, 1.82) is 0 Å². The van der Waals surface area contributed by atoms with Gasteiger partial charge in [0.05, 0.1) is 6.26 Å². The number of aliphatic imine (C=N–C) groups is 1. The Labute approximate surface area is 135 Å². The summed E-state index contributed by atoms with van der Waals surface area (Å²) < 4.78 is 5.02. The molecule has 7 heteroatoms. The molecule has 122 valence electrons. The van der Waals surface area contributed by atoms with E-state index in [0.29, 0.717) is 24.8 Å². The monoisotopic (exact) mass is 315 g/mol. The zero-order valence-corrected chi connectivity index (χ0v) is 13.1. The minimum absolute atomic E-state index is 0.227. The van der Waals surface area contributed by atoms with Crippen LogP contribution in [0.5, 0.6) is 0 Å². The molecule has 1 amide bonds. The number of nitrogens with zero attached hydrogens (tertiary/aromatic N) is 2. The molecule has 0 fully saturated rings. The molecule has 0 aliphatic carbocycles. The Hall–Kier alpha value is -2.83. The van der Waals surface area contributed by atoms with Gasteiger partial charge in [-0.3, -0.25) is 14.8 Å². The van der Waals surface area contributed by atoms with Crippen LogP contribution in [-0.4, -0.2) is 43.5 Å². The summed E-state index contributed by atoms with van der Waals surface area (Å²) in [6, 6.07) is 9.16. The van der Waals surface area contributed by atoms with Crippen LogP contribution < -0.4 is 16.0 Å². The maximum atomic E-state index is 11.7. The summed E-state index contributed by atoms with van der Waals surface area (Å²) in [4.78, 5) is 20.1. The van der Waals surface area contributed by atoms with Crippen molar-refractivity contribution in [1.82, 2.24) is 20.9 Å². The average molecular weight is 315 g/mol. The lowest BCUT2D eigenvalue weighted by Gasteiger charge is -2.11. The van der Waals surface area contributed by atoms with Gasteiger partial charge in [0.2, 0.25) is 0 Å². The fraction of sp³-hybridized carbons (Fsp3) is 0.312. The lowest BCUT2D eigenvalue weighted by Crippen LogP contribution is -2.42. The number of guanidine groups is 1. The van der Waals surface area contributed by atoms with E-state index in [0.717, 1.165) is 18.7 Å². The molecule has 3 N–H and O–H groups in total. The van der Waals surface area contributed by atoms with E-state index in [-0.39, 0.29) is 5.91 Å². The molecule has 0 atom stereocenters. The molecule has 0 aliphatic rings. The van der Waals surface area contributed by atoms with Gasteiger partial charge in [-0.15, -0.1) is 0 Å². The van der Waals surface area contributed by atoms with Crippen LogP contribution in [0.4, 0.5) is 0 Å². The predicted octanol–water partition coefficient (Wildman–Crippen LogP) is 0.812. The van der Waals surface area contributed by atoms with Crippen LogP contribution in [0.1, 0.15) is 16.2 Å². The van der Waals surface area contributed by atoms with Gasteiger partial charge in [0.15, 0.2) is 11.7 Å². The van der Waals surface area contributed by atoms with Crippen molar-refractivity contribution in [3.8, 4) is 0 Å². The highest BCUT2D eigenvalue weighted by atomic mass is 16.3. The Kier molecular flexibility index (Phi) is 6.65. The lowest BCUT2D eigenvalue weighted by atomic mass is 10.3. The van der Waals surface area contributed by atoms with Gasteiger partial charge in [-0.2, -0.15) is 0 Å². The van der Waals surface area contributed by atoms with E-state index in [9.17, 15) is 4.79 Å². The van der Waals surface area contributed by atoms with Crippen molar-refractivity contribution < 1.29 is 9.21 Å². The van der Waals surface area contributed by atoms with Crippen LogP contribution in [0.2, 0.25) is 0 Å². The first kappa shape index (κ1) is 16.5. The van der Waals surface area contributed by atoms with Crippen molar-refractivity contribution in [2.75, 3.05) is 26.7 Å². The summed E-state index contributed by atoms with van der Waals surface area (Å²) in [5, 5.41) is 9.09. The molecule has 0 radical (unpaired) electrons. The quantitative estimate of drug-likeness (QED) is 0.399. The van der Waals surface area contributed by atoms with Gasteiger partial charge in [-0.25, -0.2) is 0 Å². The molecule has 0 spiro atoms. The number of carbonyl (C=O) groups is 1. The third-order valence-electron chi connectivity index (χ3n) is 3.07. The Bertz CT molecular complexity index is 611. The smallest absolute Gasteiger partial charge is 0.287 e. The van der Waals surface area contributed by atoms with Crippen LogP contribution in [-0.2, 0) is 6.42 Å².